The van der Waals surface area contributed by atoms with E-state index in [1.165, 1.54) is 4.88 Å². The van der Waals surface area contributed by atoms with E-state index < -0.39 is 0 Å². The largest absolute Gasteiger partial charge is 0.383 e. The van der Waals surface area contributed by atoms with Crippen molar-refractivity contribution in [3.05, 3.63) is 16.1 Å². The molecule has 0 saturated carbocycles. The van der Waals surface area contributed by atoms with Crippen LogP contribution < -0.4 is 10.6 Å². The number of hydrogen-bond donors (Lipinski definition) is 2. The van der Waals surface area contributed by atoms with Gasteiger partial charge in [-0.2, -0.15) is 0 Å². The van der Waals surface area contributed by atoms with Crippen LogP contribution in [0.15, 0.2) is 11.2 Å². The average molecular weight is 398 g/mol. The Morgan fingerprint density at radius 3 is 2.79 bits per heavy atom. The van der Waals surface area contributed by atoms with E-state index in [4.69, 9.17) is 4.74 Å². The Morgan fingerprint density at radius 1 is 1.42 bits per heavy atom. The number of methoxy groups -OCH3 is 1. The molecule has 1 heterocycles. The predicted octanol–water partition coefficient (Wildman–Crippen LogP) is 2.03. The highest BCUT2D eigenvalue weighted by Crippen LogP contribution is 2.13. The second-order valence-corrected chi connectivity index (χ2v) is 4.89. The Morgan fingerprint density at radius 2 is 2.21 bits per heavy atom. The third-order valence-corrected chi connectivity index (χ3v) is 3.39. The first-order valence-corrected chi connectivity index (χ1v) is 7.06. The van der Waals surface area contributed by atoms with E-state index in [1.807, 2.05) is 13.1 Å². The van der Waals surface area contributed by atoms with Crippen LogP contribution in [0.3, 0.4) is 0 Å². The van der Waals surface area contributed by atoms with E-state index in [-0.39, 0.29) is 24.0 Å². The molecule has 110 valence electrons. The molecular weight excluding hydrogens is 375 g/mol. The number of aryl methyl sites for hydroxylation is 1. The number of thiazole rings is 1. The second-order valence-electron chi connectivity index (χ2n) is 3.69. The molecule has 0 unspecified atom stereocenters. The molecular formula is C12H23IN4OS. The summed E-state index contributed by atoms with van der Waals surface area (Å²) in [4.78, 5) is 10.1. The minimum Gasteiger partial charge on any atom is -0.383 e. The summed E-state index contributed by atoms with van der Waals surface area (Å²) in [7, 11) is 1.69. The standard InChI is InChI=1S/C12H22N4OS.HI/c1-4-10-8-15-11(18-10)9-16-12(13-5-2)14-6-7-17-3;/h8H,4-7,9H2,1-3H3,(H2,13,14,16);1H. The van der Waals surface area contributed by atoms with Crippen LogP contribution in [0.1, 0.15) is 23.7 Å². The van der Waals surface area contributed by atoms with Crippen molar-refractivity contribution in [1.82, 2.24) is 15.6 Å². The van der Waals surface area contributed by atoms with Crippen LogP contribution in [-0.4, -0.2) is 37.7 Å². The Labute approximate surface area is 136 Å². The number of nitrogens with one attached hydrogen (secondary N) is 2. The van der Waals surface area contributed by atoms with Gasteiger partial charge in [0, 0.05) is 31.3 Å². The van der Waals surface area contributed by atoms with Gasteiger partial charge in [-0.05, 0) is 13.3 Å². The quantitative estimate of drug-likeness (QED) is 0.319. The number of hydrogen-bond acceptors (Lipinski definition) is 4. The molecule has 0 aliphatic heterocycles. The predicted molar refractivity (Wildman–Crippen MR) is 91.6 cm³/mol. The molecule has 0 atom stereocenters. The highest BCUT2D eigenvalue weighted by Gasteiger charge is 2.01. The fraction of sp³-hybridized carbons (Fsp3) is 0.667. The fourth-order valence-corrected chi connectivity index (χ4v) is 2.13. The van der Waals surface area contributed by atoms with Gasteiger partial charge in [0.2, 0.25) is 0 Å². The van der Waals surface area contributed by atoms with Gasteiger partial charge < -0.3 is 15.4 Å². The molecule has 7 heteroatoms. The molecule has 0 saturated heterocycles. The van der Waals surface area contributed by atoms with Gasteiger partial charge in [0.15, 0.2) is 5.96 Å². The lowest BCUT2D eigenvalue weighted by molar-refractivity contribution is 0.203. The van der Waals surface area contributed by atoms with Crippen molar-refractivity contribution in [2.45, 2.75) is 26.8 Å². The summed E-state index contributed by atoms with van der Waals surface area (Å²) in [5, 5.41) is 7.45. The average Bonchev–Trinajstić information content (AvgIpc) is 2.84. The minimum atomic E-state index is 0. The van der Waals surface area contributed by atoms with E-state index in [0.717, 1.165) is 30.5 Å². The van der Waals surface area contributed by atoms with Gasteiger partial charge in [-0.15, -0.1) is 35.3 Å². The Kier molecular flexibility index (Phi) is 11.2. The van der Waals surface area contributed by atoms with Gasteiger partial charge >= 0.3 is 0 Å². The maximum atomic E-state index is 5.00. The summed E-state index contributed by atoms with van der Waals surface area (Å²) in [6, 6.07) is 0. The molecule has 19 heavy (non-hydrogen) atoms. The van der Waals surface area contributed by atoms with Gasteiger partial charge in [-0.3, -0.25) is 0 Å². The van der Waals surface area contributed by atoms with Crippen molar-refractivity contribution in [3.63, 3.8) is 0 Å². The number of guanidine groups is 1. The van der Waals surface area contributed by atoms with Crippen molar-refractivity contribution in [3.8, 4) is 0 Å². The van der Waals surface area contributed by atoms with E-state index in [0.29, 0.717) is 13.2 Å². The normalized spacial score (nSPS) is 11.0. The van der Waals surface area contributed by atoms with Crippen LogP contribution in [0.2, 0.25) is 0 Å². The van der Waals surface area contributed by atoms with Crippen LogP contribution in [0.5, 0.6) is 0 Å². The molecule has 0 amide bonds. The molecule has 1 aromatic heterocycles. The lowest BCUT2D eigenvalue weighted by Crippen LogP contribution is -2.38. The minimum absolute atomic E-state index is 0. The van der Waals surface area contributed by atoms with E-state index in [1.54, 1.807) is 18.4 Å². The molecule has 0 aliphatic rings. The van der Waals surface area contributed by atoms with Crippen molar-refractivity contribution in [1.29, 1.82) is 0 Å². The summed E-state index contributed by atoms with van der Waals surface area (Å²) in [5.41, 5.74) is 0. The Balaban J connectivity index is 0.00000324. The molecule has 0 fully saturated rings. The zero-order chi connectivity index (χ0) is 13.2. The molecule has 0 bridgehead atoms. The van der Waals surface area contributed by atoms with Gasteiger partial charge in [0.05, 0.1) is 13.2 Å². The van der Waals surface area contributed by atoms with Gasteiger partial charge in [-0.25, -0.2) is 9.98 Å². The smallest absolute Gasteiger partial charge is 0.191 e. The number of halogens is 1. The molecule has 1 aromatic rings. The van der Waals surface area contributed by atoms with E-state index in [9.17, 15) is 0 Å². The van der Waals surface area contributed by atoms with Gasteiger partial charge in [0.25, 0.3) is 0 Å². The molecule has 0 aromatic carbocycles. The van der Waals surface area contributed by atoms with Crippen molar-refractivity contribution in [2.24, 2.45) is 4.99 Å². The highest BCUT2D eigenvalue weighted by atomic mass is 127. The molecule has 1 rings (SSSR count). The summed E-state index contributed by atoms with van der Waals surface area (Å²) < 4.78 is 5.00. The number of aromatic nitrogens is 1. The number of aliphatic imine (C=N–C) groups is 1. The van der Waals surface area contributed by atoms with E-state index >= 15 is 0 Å². The fourth-order valence-electron chi connectivity index (χ4n) is 1.34. The van der Waals surface area contributed by atoms with Gasteiger partial charge in [0.1, 0.15) is 5.01 Å². The first kappa shape index (κ1) is 18.6. The van der Waals surface area contributed by atoms with Gasteiger partial charge in [-0.1, -0.05) is 6.92 Å². The topological polar surface area (TPSA) is 58.5 Å². The summed E-state index contributed by atoms with van der Waals surface area (Å²) in [6.45, 7) is 7.06. The van der Waals surface area contributed by atoms with Crippen LogP contribution in [-0.2, 0) is 17.7 Å². The Bertz CT molecular complexity index is 370. The molecule has 2 N–H and O–H groups in total. The monoisotopic (exact) mass is 398 g/mol. The first-order valence-electron chi connectivity index (χ1n) is 6.24. The highest BCUT2D eigenvalue weighted by molar-refractivity contribution is 14.0. The van der Waals surface area contributed by atoms with Crippen LogP contribution in [0, 0.1) is 0 Å². The zero-order valence-electron chi connectivity index (χ0n) is 11.7. The zero-order valence-corrected chi connectivity index (χ0v) is 14.9. The summed E-state index contributed by atoms with van der Waals surface area (Å²) in [5.74, 6) is 0.808. The third-order valence-electron chi connectivity index (χ3n) is 2.27. The maximum absolute atomic E-state index is 5.00. The first-order chi connectivity index (χ1) is 8.80. The molecule has 0 aliphatic carbocycles. The maximum Gasteiger partial charge on any atom is 0.191 e. The lowest BCUT2D eigenvalue weighted by atomic mass is 10.4. The van der Waals surface area contributed by atoms with Crippen molar-refractivity contribution < 1.29 is 4.74 Å². The molecule has 5 nitrogen and oxygen atoms in total. The second kappa shape index (κ2) is 11.4. The van der Waals surface area contributed by atoms with Crippen molar-refractivity contribution in [2.75, 3.05) is 26.8 Å². The van der Waals surface area contributed by atoms with Crippen molar-refractivity contribution >= 4 is 41.3 Å². The number of rotatable bonds is 7. The van der Waals surface area contributed by atoms with Crippen LogP contribution in [0.4, 0.5) is 0 Å². The van der Waals surface area contributed by atoms with Crippen LogP contribution in [0.25, 0.3) is 0 Å². The summed E-state index contributed by atoms with van der Waals surface area (Å²) in [6.07, 6.45) is 2.97. The molecule has 0 radical (unpaired) electrons. The SMILES string of the molecule is CCNC(=NCc1ncc(CC)s1)NCCOC.I. The number of nitrogens with zero attached hydrogens (tertiary/aromatic N) is 2. The third kappa shape index (κ3) is 7.68. The molecule has 0 spiro atoms. The van der Waals surface area contributed by atoms with E-state index in [2.05, 4.69) is 27.5 Å². The number of ether oxygens (including phenoxy) is 1. The lowest BCUT2D eigenvalue weighted by Gasteiger charge is -2.10. The van der Waals surface area contributed by atoms with Crippen LogP contribution >= 0.6 is 35.3 Å². The Hall–Kier alpha value is -0.410. The summed E-state index contributed by atoms with van der Waals surface area (Å²) >= 11 is 1.72.